The summed E-state index contributed by atoms with van der Waals surface area (Å²) in [5.41, 5.74) is -0.0123. The maximum absolute atomic E-state index is 12.2. The number of likely N-dealkylation sites (N-methyl/N-ethyl adjacent to an activating group) is 1. The number of hydrogen-bond acceptors (Lipinski definition) is 11. The number of amides is 1. The van der Waals surface area contributed by atoms with Gasteiger partial charge in [0, 0.05) is 19.6 Å². The number of rotatable bonds is 22. The Labute approximate surface area is 290 Å². The minimum absolute atomic E-state index is 0.0274. The van der Waals surface area contributed by atoms with Crippen LogP contribution in [0.5, 0.6) is 23.0 Å². The fourth-order valence-corrected chi connectivity index (χ4v) is 6.20. The van der Waals surface area contributed by atoms with Crippen molar-refractivity contribution < 1.29 is 38.4 Å². The third-order valence-corrected chi connectivity index (χ3v) is 8.88. The van der Waals surface area contributed by atoms with Crippen molar-refractivity contribution in [2.24, 2.45) is 11.8 Å². The Bertz CT molecular complexity index is 1390. The van der Waals surface area contributed by atoms with E-state index in [1.54, 1.807) is 42.1 Å². The molecule has 3 atom stereocenters. The summed E-state index contributed by atoms with van der Waals surface area (Å²) in [4.78, 5) is 30.8. The predicted octanol–water partition coefficient (Wildman–Crippen LogP) is 5.22. The standard InChI is InChI=1S/C36H54N4O9/c1-25(2)36(24-37,28-20-30(45-8)33(47-10)31(21-28)46-9)17-13-18-39(6)19-16-27-14-11-12-15-29(27)48-22-26(3)34(49-40(42)43)35(4,5)38-32(41)23-44-7/h11-12,14-15,20-21,25-26,34H,13,16-19,22-23H2,1-10H3,(H,38,41). The van der Waals surface area contributed by atoms with E-state index in [1.165, 1.54) is 7.11 Å². The number of benzene rings is 2. The van der Waals surface area contributed by atoms with Gasteiger partial charge in [0.05, 0.1) is 45.0 Å². The minimum Gasteiger partial charge on any atom is -0.493 e. The molecular weight excluding hydrogens is 632 g/mol. The van der Waals surface area contributed by atoms with Crippen molar-refractivity contribution in [3.63, 3.8) is 0 Å². The molecule has 0 saturated carbocycles. The molecule has 13 nitrogen and oxygen atoms in total. The molecule has 2 aromatic carbocycles. The zero-order valence-corrected chi connectivity index (χ0v) is 30.7. The molecule has 0 aliphatic rings. The first-order valence-electron chi connectivity index (χ1n) is 16.4. The number of carbonyl (C=O) groups is 1. The highest BCUT2D eigenvalue weighted by Gasteiger charge is 2.39. The lowest BCUT2D eigenvalue weighted by Crippen LogP contribution is -2.57. The lowest BCUT2D eigenvalue weighted by Gasteiger charge is -2.37. The van der Waals surface area contributed by atoms with E-state index in [-0.39, 0.29) is 19.1 Å². The van der Waals surface area contributed by atoms with Crippen LogP contribution < -0.4 is 24.3 Å². The maximum Gasteiger partial charge on any atom is 0.294 e. The largest absolute Gasteiger partial charge is 0.493 e. The summed E-state index contributed by atoms with van der Waals surface area (Å²) in [5.74, 6) is 1.37. The molecule has 3 unspecified atom stereocenters. The highest BCUT2D eigenvalue weighted by molar-refractivity contribution is 5.78. The van der Waals surface area contributed by atoms with Crippen molar-refractivity contribution in [3.8, 4) is 29.1 Å². The second kappa shape index (κ2) is 19.0. The molecule has 0 radical (unpaired) electrons. The van der Waals surface area contributed by atoms with E-state index in [2.05, 4.69) is 30.1 Å². The van der Waals surface area contributed by atoms with Gasteiger partial charge >= 0.3 is 0 Å². The molecule has 2 aromatic rings. The van der Waals surface area contributed by atoms with Gasteiger partial charge in [-0.05, 0) is 81.9 Å². The molecule has 272 valence electrons. The van der Waals surface area contributed by atoms with Crippen LogP contribution in [0.3, 0.4) is 0 Å². The number of nitriles is 1. The van der Waals surface area contributed by atoms with E-state index in [0.717, 1.165) is 30.6 Å². The van der Waals surface area contributed by atoms with Crippen LogP contribution in [-0.2, 0) is 26.2 Å². The van der Waals surface area contributed by atoms with Gasteiger partial charge in [0.1, 0.15) is 18.5 Å². The lowest BCUT2D eigenvalue weighted by atomic mass is 9.69. The van der Waals surface area contributed by atoms with Gasteiger partial charge in [-0.15, -0.1) is 10.1 Å². The Hall–Kier alpha value is -4.28. The Morgan fingerprint density at radius 3 is 2.18 bits per heavy atom. The van der Waals surface area contributed by atoms with Crippen molar-refractivity contribution in [2.45, 2.75) is 70.9 Å². The zero-order chi connectivity index (χ0) is 36.8. The second-order valence-corrected chi connectivity index (χ2v) is 13.2. The first-order chi connectivity index (χ1) is 23.2. The van der Waals surface area contributed by atoms with E-state index in [1.807, 2.05) is 43.4 Å². The molecule has 0 spiro atoms. The first kappa shape index (κ1) is 40.9. The van der Waals surface area contributed by atoms with Gasteiger partial charge in [0.15, 0.2) is 11.5 Å². The molecule has 0 fully saturated rings. The van der Waals surface area contributed by atoms with Crippen molar-refractivity contribution in [3.05, 3.63) is 57.6 Å². The number of nitrogens with one attached hydrogen (secondary N) is 1. The van der Waals surface area contributed by atoms with Gasteiger partial charge in [-0.3, -0.25) is 4.79 Å². The number of ether oxygens (including phenoxy) is 5. The third-order valence-electron chi connectivity index (χ3n) is 8.88. The number of methoxy groups -OCH3 is 4. The Morgan fingerprint density at radius 1 is 1.02 bits per heavy atom. The molecule has 0 heterocycles. The molecule has 0 aliphatic heterocycles. The normalized spacial score (nSPS) is 13.9. The Balaban J connectivity index is 2.09. The smallest absolute Gasteiger partial charge is 0.294 e. The van der Waals surface area contributed by atoms with Gasteiger partial charge in [-0.25, -0.2) is 0 Å². The molecule has 0 aliphatic carbocycles. The van der Waals surface area contributed by atoms with Crippen molar-refractivity contribution in [1.82, 2.24) is 10.2 Å². The lowest BCUT2D eigenvalue weighted by molar-refractivity contribution is -0.772. The molecule has 1 amide bonds. The molecule has 2 rings (SSSR count). The zero-order valence-electron chi connectivity index (χ0n) is 30.7. The number of carbonyl (C=O) groups excluding carboxylic acids is 1. The number of nitrogens with zero attached hydrogens (tertiary/aromatic N) is 3. The fourth-order valence-electron chi connectivity index (χ4n) is 6.20. The maximum atomic E-state index is 12.2. The highest BCUT2D eigenvalue weighted by Crippen LogP contribution is 2.45. The molecular formula is C36H54N4O9. The highest BCUT2D eigenvalue weighted by atomic mass is 17.0. The van der Waals surface area contributed by atoms with E-state index in [9.17, 15) is 20.2 Å². The van der Waals surface area contributed by atoms with Crippen LogP contribution >= 0.6 is 0 Å². The van der Waals surface area contributed by atoms with Crippen LogP contribution in [0.25, 0.3) is 0 Å². The van der Waals surface area contributed by atoms with Crippen LogP contribution in [0.4, 0.5) is 0 Å². The molecule has 0 saturated heterocycles. The summed E-state index contributed by atoms with van der Waals surface area (Å²) in [6, 6.07) is 14.1. The quantitative estimate of drug-likeness (QED) is 0.128. The van der Waals surface area contributed by atoms with E-state index in [4.69, 9.17) is 28.5 Å². The predicted molar refractivity (Wildman–Crippen MR) is 186 cm³/mol. The van der Waals surface area contributed by atoms with Crippen molar-refractivity contribution in [1.29, 1.82) is 5.26 Å². The van der Waals surface area contributed by atoms with Gasteiger partial charge < -0.3 is 38.7 Å². The Morgan fingerprint density at radius 2 is 1.65 bits per heavy atom. The molecule has 0 aromatic heterocycles. The summed E-state index contributed by atoms with van der Waals surface area (Å²) in [6.07, 6.45) is 1.14. The van der Waals surface area contributed by atoms with E-state index in [0.29, 0.717) is 35.8 Å². The van der Waals surface area contributed by atoms with Crippen molar-refractivity contribution >= 4 is 5.91 Å². The van der Waals surface area contributed by atoms with Crippen LogP contribution in [0.2, 0.25) is 0 Å². The van der Waals surface area contributed by atoms with Crippen LogP contribution in [0.15, 0.2) is 36.4 Å². The average molecular weight is 687 g/mol. The monoisotopic (exact) mass is 686 g/mol. The van der Waals surface area contributed by atoms with Gasteiger partial charge in [-0.1, -0.05) is 39.0 Å². The van der Waals surface area contributed by atoms with Gasteiger partial charge in [0.25, 0.3) is 5.09 Å². The van der Waals surface area contributed by atoms with Gasteiger partial charge in [0.2, 0.25) is 11.7 Å². The SMILES string of the molecule is COCC(=O)NC(C)(C)C(O[N+](=O)[O-])C(C)COc1ccccc1CCN(C)CCCC(C#N)(c1cc(OC)c(OC)c(OC)c1)C(C)C. The second-order valence-electron chi connectivity index (χ2n) is 13.2. The minimum atomic E-state index is -1.07. The topological polar surface area (TPSA) is 155 Å². The molecule has 0 bridgehead atoms. The number of hydrogen-bond donors (Lipinski definition) is 1. The number of para-hydroxylation sites is 1. The van der Waals surface area contributed by atoms with E-state index >= 15 is 0 Å². The summed E-state index contributed by atoms with van der Waals surface area (Å²) in [5, 5.41) is 23.8. The summed E-state index contributed by atoms with van der Waals surface area (Å²) in [7, 11) is 8.14. The third kappa shape index (κ3) is 11.1. The van der Waals surface area contributed by atoms with Crippen molar-refractivity contribution in [2.75, 3.05) is 61.8 Å². The van der Waals surface area contributed by atoms with E-state index < -0.39 is 34.0 Å². The first-order valence-corrected chi connectivity index (χ1v) is 16.4. The molecule has 49 heavy (non-hydrogen) atoms. The Kier molecular flexibility index (Phi) is 15.9. The molecule has 1 N–H and O–H groups in total. The average Bonchev–Trinajstić information content (AvgIpc) is 3.06. The summed E-state index contributed by atoms with van der Waals surface area (Å²) < 4.78 is 27.7. The van der Waals surface area contributed by atoms with Crippen LogP contribution in [-0.4, -0.2) is 89.3 Å². The van der Waals surface area contributed by atoms with Crippen LogP contribution in [0.1, 0.15) is 58.6 Å². The summed E-state index contributed by atoms with van der Waals surface area (Å²) >= 11 is 0. The fraction of sp³-hybridized carbons (Fsp3) is 0.611. The molecule has 13 heteroatoms. The summed E-state index contributed by atoms with van der Waals surface area (Å²) in [6.45, 7) is 10.7. The van der Waals surface area contributed by atoms with Crippen LogP contribution in [0, 0.1) is 33.3 Å². The van der Waals surface area contributed by atoms with Gasteiger partial charge in [-0.2, -0.15) is 5.26 Å².